The number of methoxy groups -OCH3 is 1. The van der Waals surface area contributed by atoms with Crippen molar-refractivity contribution in [3.05, 3.63) is 29.8 Å². The van der Waals surface area contributed by atoms with Crippen molar-refractivity contribution in [2.24, 2.45) is 0 Å². The molecule has 1 fully saturated rings. The standard InChI is InChI=1S/C13H17NO3/c1-17-12-4-2-10(3-5-12)8-13(16)14-7-6-11(15)9-14/h2-5,11,15H,6-9H2,1H3/t11-/m1/s1. The van der Waals surface area contributed by atoms with Crippen molar-refractivity contribution in [1.82, 2.24) is 4.90 Å². The van der Waals surface area contributed by atoms with E-state index in [1.165, 1.54) is 0 Å². The summed E-state index contributed by atoms with van der Waals surface area (Å²) in [5.74, 6) is 0.865. The van der Waals surface area contributed by atoms with Crippen molar-refractivity contribution in [3.8, 4) is 5.75 Å². The van der Waals surface area contributed by atoms with Crippen LogP contribution in [0.1, 0.15) is 12.0 Å². The smallest absolute Gasteiger partial charge is 0.227 e. The fourth-order valence-electron chi connectivity index (χ4n) is 2.00. The van der Waals surface area contributed by atoms with E-state index in [4.69, 9.17) is 4.74 Å². The molecule has 0 unspecified atom stereocenters. The quantitative estimate of drug-likeness (QED) is 0.844. The summed E-state index contributed by atoms with van der Waals surface area (Å²) in [6.45, 7) is 1.13. The number of nitrogens with zero attached hydrogens (tertiary/aromatic N) is 1. The van der Waals surface area contributed by atoms with Gasteiger partial charge in [-0.2, -0.15) is 0 Å². The van der Waals surface area contributed by atoms with Crippen molar-refractivity contribution in [2.75, 3.05) is 20.2 Å². The van der Waals surface area contributed by atoms with Gasteiger partial charge in [0.05, 0.1) is 19.6 Å². The van der Waals surface area contributed by atoms with Crippen LogP contribution in [0.5, 0.6) is 5.75 Å². The molecule has 4 heteroatoms. The lowest BCUT2D eigenvalue weighted by atomic mass is 10.1. The molecule has 1 atom stereocenters. The lowest BCUT2D eigenvalue weighted by Gasteiger charge is -2.15. The summed E-state index contributed by atoms with van der Waals surface area (Å²) in [5, 5.41) is 9.37. The van der Waals surface area contributed by atoms with Crippen LogP contribution in [0.3, 0.4) is 0 Å². The topological polar surface area (TPSA) is 49.8 Å². The van der Waals surface area contributed by atoms with Crippen LogP contribution in [-0.4, -0.2) is 42.2 Å². The molecule has 1 aromatic carbocycles. The van der Waals surface area contributed by atoms with Gasteiger partial charge in [0.15, 0.2) is 0 Å². The van der Waals surface area contributed by atoms with Crippen LogP contribution in [0.25, 0.3) is 0 Å². The molecule has 4 nitrogen and oxygen atoms in total. The number of likely N-dealkylation sites (tertiary alicyclic amines) is 1. The Balaban J connectivity index is 1.93. The summed E-state index contributed by atoms with van der Waals surface area (Å²) in [6, 6.07) is 7.48. The van der Waals surface area contributed by atoms with Gasteiger partial charge in [-0.15, -0.1) is 0 Å². The average molecular weight is 235 g/mol. The number of carbonyl (C=O) groups excluding carboxylic acids is 1. The van der Waals surface area contributed by atoms with E-state index in [0.29, 0.717) is 25.9 Å². The fraction of sp³-hybridized carbons (Fsp3) is 0.462. The molecular formula is C13H17NO3. The zero-order valence-electron chi connectivity index (χ0n) is 9.93. The van der Waals surface area contributed by atoms with Gasteiger partial charge < -0.3 is 14.7 Å². The second-order valence-electron chi connectivity index (χ2n) is 4.31. The average Bonchev–Trinajstić information content (AvgIpc) is 2.77. The maximum atomic E-state index is 11.9. The Morgan fingerprint density at radius 1 is 1.47 bits per heavy atom. The fourth-order valence-corrected chi connectivity index (χ4v) is 2.00. The molecule has 0 aliphatic carbocycles. The minimum Gasteiger partial charge on any atom is -0.497 e. The van der Waals surface area contributed by atoms with Crippen LogP contribution in [0.4, 0.5) is 0 Å². The highest BCUT2D eigenvalue weighted by Crippen LogP contribution is 2.14. The lowest BCUT2D eigenvalue weighted by Crippen LogP contribution is -2.30. The van der Waals surface area contributed by atoms with E-state index in [-0.39, 0.29) is 12.0 Å². The van der Waals surface area contributed by atoms with Crippen molar-refractivity contribution >= 4 is 5.91 Å². The second-order valence-corrected chi connectivity index (χ2v) is 4.31. The minimum absolute atomic E-state index is 0.0757. The van der Waals surface area contributed by atoms with Gasteiger partial charge in [0.2, 0.25) is 5.91 Å². The molecule has 2 rings (SSSR count). The Kier molecular flexibility index (Phi) is 3.64. The zero-order chi connectivity index (χ0) is 12.3. The molecule has 1 aliphatic heterocycles. The summed E-state index contributed by atoms with van der Waals surface area (Å²) in [7, 11) is 1.62. The molecule has 0 spiro atoms. The number of benzene rings is 1. The minimum atomic E-state index is -0.352. The van der Waals surface area contributed by atoms with Gasteiger partial charge >= 0.3 is 0 Å². The Bertz CT molecular complexity index is 388. The lowest BCUT2D eigenvalue weighted by molar-refractivity contribution is -0.129. The molecule has 1 amide bonds. The third-order valence-electron chi connectivity index (χ3n) is 3.03. The van der Waals surface area contributed by atoms with Crippen molar-refractivity contribution in [2.45, 2.75) is 18.9 Å². The molecule has 1 aliphatic rings. The Labute approximate surface area is 101 Å². The summed E-state index contributed by atoms with van der Waals surface area (Å²) in [4.78, 5) is 13.6. The van der Waals surface area contributed by atoms with E-state index in [2.05, 4.69) is 0 Å². The third-order valence-corrected chi connectivity index (χ3v) is 3.03. The predicted octanol–water partition coefficient (Wildman–Crippen LogP) is 0.831. The Morgan fingerprint density at radius 3 is 2.71 bits per heavy atom. The first-order valence-corrected chi connectivity index (χ1v) is 5.78. The van der Waals surface area contributed by atoms with Gasteiger partial charge in [-0.1, -0.05) is 12.1 Å². The number of aliphatic hydroxyl groups excluding tert-OH is 1. The number of rotatable bonds is 3. The summed E-state index contributed by atoms with van der Waals surface area (Å²) >= 11 is 0. The monoisotopic (exact) mass is 235 g/mol. The number of aliphatic hydroxyl groups is 1. The Hall–Kier alpha value is -1.55. The second kappa shape index (κ2) is 5.19. The van der Waals surface area contributed by atoms with E-state index in [9.17, 15) is 9.90 Å². The van der Waals surface area contributed by atoms with Gasteiger partial charge in [-0.25, -0.2) is 0 Å². The van der Waals surface area contributed by atoms with E-state index < -0.39 is 0 Å². The number of ether oxygens (including phenoxy) is 1. The molecule has 0 radical (unpaired) electrons. The zero-order valence-corrected chi connectivity index (χ0v) is 9.93. The molecule has 1 N–H and O–H groups in total. The number of β-amino-alcohol motifs (C(OH)–C–C–N with tert-alkyl or cyclic N) is 1. The van der Waals surface area contributed by atoms with Crippen molar-refractivity contribution < 1.29 is 14.6 Å². The summed E-state index contributed by atoms with van der Waals surface area (Å²) in [6.07, 6.45) is 0.722. The van der Waals surface area contributed by atoms with Gasteiger partial charge in [-0.3, -0.25) is 4.79 Å². The van der Waals surface area contributed by atoms with Crippen LogP contribution in [0.2, 0.25) is 0 Å². The molecular weight excluding hydrogens is 218 g/mol. The maximum absolute atomic E-state index is 11.9. The molecule has 1 aromatic rings. The van der Waals surface area contributed by atoms with Gasteiger partial charge in [-0.05, 0) is 24.1 Å². The van der Waals surface area contributed by atoms with Crippen LogP contribution in [0.15, 0.2) is 24.3 Å². The SMILES string of the molecule is COc1ccc(CC(=O)N2CC[C@@H](O)C2)cc1. The van der Waals surface area contributed by atoms with E-state index in [1.807, 2.05) is 24.3 Å². The number of hydrogen-bond acceptors (Lipinski definition) is 3. The summed E-state index contributed by atoms with van der Waals surface area (Å²) < 4.78 is 5.06. The van der Waals surface area contributed by atoms with Gasteiger partial charge in [0.25, 0.3) is 0 Å². The van der Waals surface area contributed by atoms with Crippen LogP contribution < -0.4 is 4.74 Å². The maximum Gasteiger partial charge on any atom is 0.227 e. The van der Waals surface area contributed by atoms with Crippen LogP contribution in [0, 0.1) is 0 Å². The molecule has 92 valence electrons. The molecule has 1 heterocycles. The molecule has 1 saturated heterocycles. The molecule has 0 bridgehead atoms. The number of carbonyl (C=O) groups is 1. The normalized spacial score (nSPS) is 19.4. The van der Waals surface area contributed by atoms with Crippen LogP contribution in [-0.2, 0) is 11.2 Å². The Morgan fingerprint density at radius 2 is 2.18 bits per heavy atom. The first kappa shape index (κ1) is 11.9. The number of amides is 1. The molecule has 0 aromatic heterocycles. The van der Waals surface area contributed by atoms with E-state index >= 15 is 0 Å². The van der Waals surface area contributed by atoms with Gasteiger partial charge in [0.1, 0.15) is 5.75 Å². The summed E-state index contributed by atoms with van der Waals surface area (Å²) in [5.41, 5.74) is 0.970. The van der Waals surface area contributed by atoms with E-state index in [1.54, 1.807) is 12.0 Å². The van der Waals surface area contributed by atoms with Crippen molar-refractivity contribution in [1.29, 1.82) is 0 Å². The van der Waals surface area contributed by atoms with Crippen LogP contribution >= 0.6 is 0 Å². The predicted molar refractivity (Wildman–Crippen MR) is 63.9 cm³/mol. The van der Waals surface area contributed by atoms with E-state index in [0.717, 1.165) is 11.3 Å². The molecule has 0 saturated carbocycles. The van der Waals surface area contributed by atoms with Gasteiger partial charge in [0, 0.05) is 13.1 Å². The first-order valence-electron chi connectivity index (χ1n) is 5.78. The third kappa shape index (κ3) is 2.97. The number of hydrogen-bond donors (Lipinski definition) is 1. The first-order chi connectivity index (χ1) is 8.19. The molecule has 17 heavy (non-hydrogen) atoms. The highest BCUT2D eigenvalue weighted by molar-refractivity contribution is 5.79. The van der Waals surface area contributed by atoms with Crippen molar-refractivity contribution in [3.63, 3.8) is 0 Å². The highest BCUT2D eigenvalue weighted by Gasteiger charge is 2.24. The largest absolute Gasteiger partial charge is 0.497 e. The highest BCUT2D eigenvalue weighted by atomic mass is 16.5.